The van der Waals surface area contributed by atoms with Crippen molar-refractivity contribution in [3.05, 3.63) is 41.3 Å². The molecule has 20 heavy (non-hydrogen) atoms. The zero-order valence-electron chi connectivity index (χ0n) is 11.5. The summed E-state index contributed by atoms with van der Waals surface area (Å²) in [6.07, 6.45) is 0.797. The number of rotatable bonds is 4. The molecule has 0 saturated carbocycles. The molecule has 1 N–H and O–H groups in total. The van der Waals surface area contributed by atoms with Crippen LogP contribution < -0.4 is 4.90 Å². The van der Waals surface area contributed by atoms with Crippen LogP contribution in [0.25, 0.3) is 0 Å². The molecular formula is C15H16N2O3. The van der Waals surface area contributed by atoms with Crippen molar-refractivity contribution in [2.45, 2.75) is 26.3 Å². The van der Waals surface area contributed by atoms with Crippen molar-refractivity contribution in [1.29, 1.82) is 5.26 Å². The van der Waals surface area contributed by atoms with Crippen LogP contribution in [0, 0.1) is 11.3 Å². The highest BCUT2D eigenvalue weighted by atomic mass is 16.5. The Balaban J connectivity index is 2.56. The van der Waals surface area contributed by atoms with Crippen molar-refractivity contribution in [2.24, 2.45) is 0 Å². The van der Waals surface area contributed by atoms with E-state index in [1.54, 1.807) is 17.9 Å². The zero-order valence-corrected chi connectivity index (χ0v) is 11.5. The SMILES string of the molecule is CCOC(=C(C#N)C(=O)O)N1c2ccccc2CC1C. The molecule has 0 amide bonds. The first-order valence-corrected chi connectivity index (χ1v) is 6.47. The molecule has 0 radical (unpaired) electrons. The van der Waals surface area contributed by atoms with Crippen molar-refractivity contribution < 1.29 is 14.6 Å². The maximum absolute atomic E-state index is 11.2. The normalized spacial score (nSPS) is 18.1. The lowest BCUT2D eigenvalue weighted by molar-refractivity contribution is -0.132. The Morgan fingerprint density at radius 1 is 1.55 bits per heavy atom. The lowest BCUT2D eigenvalue weighted by Gasteiger charge is -2.27. The van der Waals surface area contributed by atoms with Crippen molar-refractivity contribution in [1.82, 2.24) is 0 Å². The summed E-state index contributed by atoms with van der Waals surface area (Å²) in [5, 5.41) is 18.3. The minimum atomic E-state index is -1.27. The van der Waals surface area contributed by atoms with Gasteiger partial charge in [0.05, 0.1) is 6.61 Å². The fraction of sp³-hybridized carbons (Fsp3) is 0.333. The molecule has 5 heteroatoms. The molecule has 1 atom stereocenters. The van der Waals surface area contributed by atoms with E-state index in [9.17, 15) is 9.90 Å². The van der Waals surface area contributed by atoms with Crippen LogP contribution in [0.4, 0.5) is 5.69 Å². The molecule has 5 nitrogen and oxygen atoms in total. The highest BCUT2D eigenvalue weighted by Gasteiger charge is 2.32. The van der Waals surface area contributed by atoms with Gasteiger partial charge < -0.3 is 14.7 Å². The fourth-order valence-corrected chi connectivity index (χ4v) is 2.46. The second kappa shape index (κ2) is 5.66. The van der Waals surface area contributed by atoms with E-state index in [2.05, 4.69) is 0 Å². The van der Waals surface area contributed by atoms with E-state index in [0.717, 1.165) is 17.7 Å². The molecule has 0 spiro atoms. The second-order valence-corrected chi connectivity index (χ2v) is 4.58. The third kappa shape index (κ3) is 2.32. The largest absolute Gasteiger partial charge is 0.478 e. The van der Waals surface area contributed by atoms with Crippen LogP contribution in [0.15, 0.2) is 35.7 Å². The average Bonchev–Trinajstić information content (AvgIpc) is 2.74. The van der Waals surface area contributed by atoms with E-state index < -0.39 is 5.97 Å². The summed E-state index contributed by atoms with van der Waals surface area (Å²) in [6.45, 7) is 4.05. The van der Waals surface area contributed by atoms with Gasteiger partial charge in [-0.2, -0.15) is 5.26 Å². The highest BCUT2D eigenvalue weighted by Crippen LogP contribution is 2.36. The number of para-hydroxylation sites is 1. The molecule has 1 aliphatic heterocycles. The third-order valence-electron chi connectivity index (χ3n) is 3.25. The quantitative estimate of drug-likeness (QED) is 0.517. The molecule has 0 bridgehead atoms. The molecule has 1 aliphatic rings. The first-order chi connectivity index (χ1) is 9.60. The van der Waals surface area contributed by atoms with Gasteiger partial charge in [0.1, 0.15) is 6.07 Å². The lowest BCUT2D eigenvalue weighted by Crippen LogP contribution is -2.32. The number of hydrogen-bond acceptors (Lipinski definition) is 4. The summed E-state index contributed by atoms with van der Waals surface area (Å²) >= 11 is 0. The van der Waals surface area contributed by atoms with Crippen molar-refractivity contribution in [3.63, 3.8) is 0 Å². The van der Waals surface area contributed by atoms with E-state index in [1.165, 1.54) is 0 Å². The molecule has 1 aromatic rings. The topological polar surface area (TPSA) is 73.6 Å². The van der Waals surface area contributed by atoms with Crippen LogP contribution in [0.5, 0.6) is 0 Å². The standard InChI is InChI=1S/C15H16N2O3/c1-3-20-14(12(9-16)15(18)19)17-10(2)8-11-6-4-5-7-13(11)17/h4-7,10H,3,8H2,1-2H3,(H,18,19). The summed E-state index contributed by atoms with van der Waals surface area (Å²) in [6, 6.07) is 9.53. The van der Waals surface area contributed by atoms with Gasteiger partial charge in [-0.25, -0.2) is 4.79 Å². The van der Waals surface area contributed by atoms with E-state index in [0.29, 0.717) is 6.61 Å². The zero-order chi connectivity index (χ0) is 14.7. The van der Waals surface area contributed by atoms with E-state index >= 15 is 0 Å². The molecule has 0 aliphatic carbocycles. The van der Waals surface area contributed by atoms with Gasteiger partial charge >= 0.3 is 5.97 Å². The number of carboxylic acid groups (broad SMARTS) is 1. The molecule has 1 unspecified atom stereocenters. The van der Waals surface area contributed by atoms with Gasteiger partial charge in [0.25, 0.3) is 0 Å². The molecule has 0 fully saturated rings. The number of nitrogens with zero attached hydrogens (tertiary/aromatic N) is 2. The fourth-order valence-electron chi connectivity index (χ4n) is 2.46. The molecule has 1 aromatic carbocycles. The summed E-state index contributed by atoms with van der Waals surface area (Å²) in [7, 11) is 0. The smallest absolute Gasteiger partial charge is 0.352 e. The van der Waals surface area contributed by atoms with Crippen LogP contribution in [0.2, 0.25) is 0 Å². The number of carbonyl (C=O) groups is 1. The van der Waals surface area contributed by atoms with E-state index in [4.69, 9.17) is 10.00 Å². The summed E-state index contributed by atoms with van der Waals surface area (Å²) < 4.78 is 5.47. The number of hydrogen-bond donors (Lipinski definition) is 1. The van der Waals surface area contributed by atoms with Crippen LogP contribution >= 0.6 is 0 Å². The van der Waals surface area contributed by atoms with Crippen molar-refractivity contribution >= 4 is 11.7 Å². The Hall–Kier alpha value is -2.48. The van der Waals surface area contributed by atoms with E-state index in [-0.39, 0.29) is 17.5 Å². The summed E-state index contributed by atoms with van der Waals surface area (Å²) in [4.78, 5) is 13.0. The predicted molar refractivity (Wildman–Crippen MR) is 74.0 cm³/mol. The molecule has 104 valence electrons. The van der Waals surface area contributed by atoms with Crippen molar-refractivity contribution in [3.8, 4) is 6.07 Å². The minimum absolute atomic E-state index is 0.0525. The Morgan fingerprint density at radius 2 is 2.25 bits per heavy atom. The lowest BCUT2D eigenvalue weighted by atomic mass is 10.1. The van der Waals surface area contributed by atoms with Crippen LogP contribution in [-0.2, 0) is 16.0 Å². The highest BCUT2D eigenvalue weighted by molar-refractivity contribution is 5.92. The number of carboxylic acids is 1. The number of nitriles is 1. The van der Waals surface area contributed by atoms with Gasteiger partial charge in [-0.15, -0.1) is 0 Å². The summed E-state index contributed by atoms with van der Waals surface area (Å²) in [5.41, 5.74) is 1.66. The van der Waals surface area contributed by atoms with Crippen molar-refractivity contribution in [2.75, 3.05) is 11.5 Å². The molecule has 1 heterocycles. The monoisotopic (exact) mass is 272 g/mol. The Labute approximate surface area is 117 Å². The molecule has 0 saturated heterocycles. The van der Waals surface area contributed by atoms with Gasteiger partial charge in [0.2, 0.25) is 5.88 Å². The number of fused-ring (bicyclic) bond motifs is 1. The number of ether oxygens (including phenoxy) is 1. The van der Waals surface area contributed by atoms with Gasteiger partial charge in [0, 0.05) is 11.7 Å². The Morgan fingerprint density at radius 3 is 2.85 bits per heavy atom. The number of anilines is 1. The first-order valence-electron chi connectivity index (χ1n) is 6.47. The maximum Gasteiger partial charge on any atom is 0.352 e. The summed E-state index contributed by atoms with van der Waals surface area (Å²) in [5.74, 6) is -1.15. The van der Waals surface area contributed by atoms with E-state index in [1.807, 2.05) is 31.2 Å². The Bertz CT molecular complexity index is 601. The molecule has 2 rings (SSSR count). The second-order valence-electron chi connectivity index (χ2n) is 4.58. The van der Waals surface area contributed by atoms with Gasteiger partial charge in [-0.3, -0.25) is 0 Å². The van der Waals surface area contributed by atoms with Crippen LogP contribution in [-0.4, -0.2) is 23.7 Å². The first kappa shape index (κ1) is 13.9. The third-order valence-corrected chi connectivity index (χ3v) is 3.25. The van der Waals surface area contributed by atoms with Gasteiger partial charge in [0.15, 0.2) is 5.57 Å². The predicted octanol–water partition coefficient (Wildman–Crippen LogP) is 2.29. The number of benzene rings is 1. The average molecular weight is 272 g/mol. The molecular weight excluding hydrogens is 256 g/mol. The number of aliphatic carboxylic acids is 1. The Kier molecular flexibility index (Phi) is 3.94. The van der Waals surface area contributed by atoms with Gasteiger partial charge in [-0.1, -0.05) is 18.2 Å². The maximum atomic E-state index is 11.2. The van der Waals surface area contributed by atoms with Crippen LogP contribution in [0.3, 0.4) is 0 Å². The van der Waals surface area contributed by atoms with Crippen LogP contribution in [0.1, 0.15) is 19.4 Å². The minimum Gasteiger partial charge on any atom is -0.478 e. The molecule has 0 aromatic heterocycles. The van der Waals surface area contributed by atoms with Gasteiger partial charge in [-0.05, 0) is 31.9 Å².